The van der Waals surface area contributed by atoms with E-state index in [0.29, 0.717) is 18.1 Å². The van der Waals surface area contributed by atoms with Crippen LogP contribution in [-0.2, 0) is 4.74 Å². The van der Waals surface area contributed by atoms with Crippen molar-refractivity contribution in [3.05, 3.63) is 28.8 Å². The number of benzene rings is 1. The SMILES string of the molecule is COCC(C)C1CC(O)c2cc(Cl)ccc2O1. The minimum atomic E-state index is -0.512. The van der Waals surface area contributed by atoms with Gasteiger partial charge < -0.3 is 14.6 Å². The maximum atomic E-state index is 10.1. The maximum Gasteiger partial charge on any atom is 0.125 e. The molecule has 4 heteroatoms. The van der Waals surface area contributed by atoms with Crippen molar-refractivity contribution in [2.45, 2.75) is 25.6 Å². The highest BCUT2D eigenvalue weighted by atomic mass is 35.5. The number of ether oxygens (including phenoxy) is 2. The van der Waals surface area contributed by atoms with Crippen molar-refractivity contribution in [3.63, 3.8) is 0 Å². The van der Waals surface area contributed by atoms with E-state index in [1.54, 1.807) is 19.2 Å². The molecular formula is C13H17ClO3. The molecule has 0 saturated heterocycles. The molecule has 1 aliphatic heterocycles. The predicted molar refractivity (Wildman–Crippen MR) is 66.5 cm³/mol. The monoisotopic (exact) mass is 256 g/mol. The minimum Gasteiger partial charge on any atom is -0.490 e. The topological polar surface area (TPSA) is 38.7 Å². The van der Waals surface area contributed by atoms with Crippen LogP contribution in [0, 0.1) is 5.92 Å². The highest BCUT2D eigenvalue weighted by Crippen LogP contribution is 2.38. The van der Waals surface area contributed by atoms with E-state index in [9.17, 15) is 5.11 Å². The van der Waals surface area contributed by atoms with Crippen molar-refractivity contribution in [1.29, 1.82) is 0 Å². The summed E-state index contributed by atoms with van der Waals surface area (Å²) in [6.07, 6.45) is 0.0538. The Kier molecular flexibility index (Phi) is 3.92. The van der Waals surface area contributed by atoms with Gasteiger partial charge in [0.15, 0.2) is 0 Å². The molecule has 1 heterocycles. The molecule has 1 N–H and O–H groups in total. The summed E-state index contributed by atoms with van der Waals surface area (Å²) >= 11 is 5.90. The lowest BCUT2D eigenvalue weighted by Gasteiger charge is -2.33. The van der Waals surface area contributed by atoms with E-state index in [-0.39, 0.29) is 12.0 Å². The standard InChI is InChI=1S/C13H17ClO3/c1-8(7-16-2)13-6-11(15)10-5-9(14)3-4-12(10)17-13/h3-5,8,11,13,15H,6-7H2,1-2H3. The molecule has 0 radical (unpaired) electrons. The van der Waals surface area contributed by atoms with E-state index in [1.165, 1.54) is 0 Å². The molecule has 1 aliphatic rings. The smallest absolute Gasteiger partial charge is 0.125 e. The number of fused-ring (bicyclic) bond motifs is 1. The second-order valence-electron chi connectivity index (χ2n) is 4.52. The maximum absolute atomic E-state index is 10.1. The van der Waals surface area contributed by atoms with Crippen molar-refractivity contribution in [2.24, 2.45) is 5.92 Å². The lowest BCUT2D eigenvalue weighted by atomic mass is 9.93. The second kappa shape index (κ2) is 5.25. The van der Waals surface area contributed by atoms with Crippen LogP contribution in [0.1, 0.15) is 25.0 Å². The molecule has 2 rings (SSSR count). The van der Waals surface area contributed by atoms with Gasteiger partial charge in [-0.2, -0.15) is 0 Å². The van der Waals surface area contributed by atoms with Crippen molar-refractivity contribution in [1.82, 2.24) is 0 Å². The molecule has 0 spiro atoms. The van der Waals surface area contributed by atoms with Gasteiger partial charge in [-0.3, -0.25) is 0 Å². The first-order valence-corrected chi connectivity index (χ1v) is 6.12. The summed E-state index contributed by atoms with van der Waals surface area (Å²) in [6.45, 7) is 2.68. The van der Waals surface area contributed by atoms with E-state index in [4.69, 9.17) is 21.1 Å². The van der Waals surface area contributed by atoms with Gasteiger partial charge in [0.05, 0.1) is 12.7 Å². The van der Waals surface area contributed by atoms with Gasteiger partial charge in [-0.05, 0) is 18.2 Å². The van der Waals surface area contributed by atoms with Crippen LogP contribution in [0.2, 0.25) is 5.02 Å². The quantitative estimate of drug-likeness (QED) is 0.904. The number of hydrogen-bond donors (Lipinski definition) is 1. The Hall–Kier alpha value is -0.770. The zero-order valence-corrected chi connectivity index (χ0v) is 10.8. The predicted octanol–water partition coefficient (Wildman–Crippen LogP) is 2.81. The summed E-state index contributed by atoms with van der Waals surface area (Å²) < 4.78 is 11.0. The molecule has 0 amide bonds. The Balaban J connectivity index is 2.18. The van der Waals surface area contributed by atoms with Gasteiger partial charge in [-0.1, -0.05) is 18.5 Å². The first-order chi connectivity index (χ1) is 8.11. The largest absolute Gasteiger partial charge is 0.490 e. The number of aliphatic hydroxyl groups excluding tert-OH is 1. The Bertz CT molecular complexity index is 394. The van der Waals surface area contributed by atoms with Gasteiger partial charge >= 0.3 is 0 Å². The van der Waals surface area contributed by atoms with E-state index < -0.39 is 6.10 Å². The second-order valence-corrected chi connectivity index (χ2v) is 4.96. The van der Waals surface area contributed by atoms with E-state index >= 15 is 0 Å². The molecule has 0 fully saturated rings. The number of halogens is 1. The van der Waals surface area contributed by atoms with Gasteiger partial charge in [0.1, 0.15) is 11.9 Å². The molecule has 3 unspecified atom stereocenters. The summed E-state index contributed by atoms with van der Waals surface area (Å²) in [7, 11) is 1.67. The van der Waals surface area contributed by atoms with Gasteiger partial charge in [0, 0.05) is 30.0 Å². The van der Waals surface area contributed by atoms with E-state index in [2.05, 4.69) is 6.92 Å². The van der Waals surface area contributed by atoms with Gasteiger partial charge in [-0.15, -0.1) is 0 Å². The summed E-state index contributed by atoms with van der Waals surface area (Å²) in [5.41, 5.74) is 0.776. The molecule has 0 aliphatic carbocycles. The van der Waals surface area contributed by atoms with E-state index in [1.807, 2.05) is 6.07 Å². The fourth-order valence-electron chi connectivity index (χ4n) is 2.16. The number of methoxy groups -OCH3 is 1. The first-order valence-electron chi connectivity index (χ1n) is 5.75. The van der Waals surface area contributed by atoms with E-state index in [0.717, 1.165) is 11.3 Å². The third-order valence-corrected chi connectivity index (χ3v) is 3.36. The minimum absolute atomic E-state index is 0.0152. The van der Waals surface area contributed by atoms with Crippen molar-refractivity contribution in [3.8, 4) is 5.75 Å². The lowest BCUT2D eigenvalue weighted by Crippen LogP contribution is -2.33. The molecule has 0 saturated carbocycles. The Morgan fingerprint density at radius 3 is 3.06 bits per heavy atom. The summed E-state index contributed by atoms with van der Waals surface area (Å²) in [5.74, 6) is 0.972. The average molecular weight is 257 g/mol. The molecule has 0 aromatic heterocycles. The molecule has 17 heavy (non-hydrogen) atoms. The van der Waals surface area contributed by atoms with Gasteiger partial charge in [0.25, 0.3) is 0 Å². The number of aliphatic hydroxyl groups is 1. The Morgan fingerprint density at radius 2 is 2.35 bits per heavy atom. The van der Waals surface area contributed by atoms with Crippen LogP contribution in [-0.4, -0.2) is 24.9 Å². The number of rotatable bonds is 3. The summed E-state index contributed by atoms with van der Waals surface area (Å²) in [6, 6.07) is 5.35. The number of hydrogen-bond acceptors (Lipinski definition) is 3. The highest BCUT2D eigenvalue weighted by molar-refractivity contribution is 6.30. The molecule has 94 valence electrons. The first kappa shape index (κ1) is 12.7. The molecule has 3 atom stereocenters. The normalized spacial score (nSPS) is 24.9. The molecule has 0 bridgehead atoms. The fourth-order valence-corrected chi connectivity index (χ4v) is 2.34. The molecule has 1 aromatic carbocycles. The third-order valence-electron chi connectivity index (χ3n) is 3.13. The average Bonchev–Trinajstić information content (AvgIpc) is 2.30. The van der Waals surface area contributed by atoms with Gasteiger partial charge in [0.2, 0.25) is 0 Å². The summed E-state index contributed by atoms with van der Waals surface area (Å²) in [4.78, 5) is 0. The van der Waals surface area contributed by atoms with Crippen LogP contribution in [0.5, 0.6) is 5.75 Å². The summed E-state index contributed by atoms with van der Waals surface area (Å²) in [5, 5.41) is 10.7. The Morgan fingerprint density at radius 1 is 1.59 bits per heavy atom. The van der Waals surface area contributed by atoms with Crippen molar-refractivity contribution in [2.75, 3.05) is 13.7 Å². The highest BCUT2D eigenvalue weighted by Gasteiger charge is 2.30. The van der Waals surface area contributed by atoms with Crippen LogP contribution in [0.25, 0.3) is 0 Å². The van der Waals surface area contributed by atoms with Crippen molar-refractivity contribution >= 4 is 11.6 Å². The van der Waals surface area contributed by atoms with Gasteiger partial charge in [-0.25, -0.2) is 0 Å². The van der Waals surface area contributed by atoms with Crippen LogP contribution in [0.15, 0.2) is 18.2 Å². The molecular weight excluding hydrogens is 240 g/mol. The zero-order chi connectivity index (χ0) is 12.4. The lowest BCUT2D eigenvalue weighted by molar-refractivity contribution is 0.0137. The van der Waals surface area contributed by atoms with Crippen molar-refractivity contribution < 1.29 is 14.6 Å². The Labute approximate surface area is 106 Å². The van der Waals surface area contributed by atoms with Crippen LogP contribution in [0.4, 0.5) is 0 Å². The fraction of sp³-hybridized carbons (Fsp3) is 0.538. The molecule has 1 aromatic rings. The van der Waals surface area contributed by atoms with Crippen LogP contribution >= 0.6 is 11.6 Å². The third kappa shape index (κ3) is 2.73. The molecule has 3 nitrogen and oxygen atoms in total. The zero-order valence-electron chi connectivity index (χ0n) is 10.0. The van der Waals surface area contributed by atoms with Crippen LogP contribution < -0.4 is 4.74 Å². The van der Waals surface area contributed by atoms with Crippen LogP contribution in [0.3, 0.4) is 0 Å².